The molecule has 5 nitrogen and oxygen atoms in total. The van der Waals surface area contributed by atoms with Crippen molar-refractivity contribution in [3.05, 3.63) is 23.2 Å². The lowest BCUT2D eigenvalue weighted by molar-refractivity contribution is 0.0659. The average molecular weight is 241 g/mol. The zero-order valence-corrected chi connectivity index (χ0v) is 10.2. The molecule has 0 aliphatic heterocycles. The minimum atomic E-state index is -1.05. The van der Waals surface area contributed by atoms with Crippen LogP contribution in [0.2, 0.25) is 0 Å². The predicted molar refractivity (Wildman–Crippen MR) is 63.0 cm³/mol. The predicted octanol–water partition coefficient (Wildman–Crippen LogP) is 1.54. The van der Waals surface area contributed by atoms with Crippen molar-refractivity contribution >= 4 is 5.97 Å². The van der Waals surface area contributed by atoms with Gasteiger partial charge in [0, 0.05) is 18.2 Å². The number of furan rings is 1. The minimum Gasteiger partial charge on any atom is -0.475 e. The van der Waals surface area contributed by atoms with E-state index >= 15 is 0 Å². The molecule has 96 valence electrons. The number of aliphatic hydroxyl groups excluding tert-OH is 1. The van der Waals surface area contributed by atoms with Crippen LogP contribution in [0.25, 0.3) is 0 Å². The van der Waals surface area contributed by atoms with E-state index in [1.165, 1.54) is 0 Å². The number of hydrogen-bond acceptors (Lipinski definition) is 4. The Hall–Kier alpha value is -1.33. The number of aryl methyl sites for hydroxylation is 1. The maximum absolute atomic E-state index is 10.8. The van der Waals surface area contributed by atoms with Gasteiger partial charge in [-0.2, -0.15) is 0 Å². The van der Waals surface area contributed by atoms with E-state index in [4.69, 9.17) is 14.6 Å². The molecule has 0 aliphatic rings. The van der Waals surface area contributed by atoms with Gasteiger partial charge in [0.2, 0.25) is 5.76 Å². The topological polar surface area (TPSA) is 82.7 Å². The first-order valence-electron chi connectivity index (χ1n) is 5.75. The molecular formula is C12H19NO4. The first-order chi connectivity index (χ1) is 8.08. The van der Waals surface area contributed by atoms with Crippen LogP contribution in [0.1, 0.15) is 41.6 Å². The maximum atomic E-state index is 10.8. The first kappa shape index (κ1) is 13.7. The Kier molecular flexibility index (Phi) is 5.18. The summed E-state index contributed by atoms with van der Waals surface area (Å²) in [6, 6.07) is 1.95. The van der Waals surface area contributed by atoms with Crippen molar-refractivity contribution in [2.45, 2.75) is 39.3 Å². The average Bonchev–Trinajstić information content (AvgIpc) is 2.66. The zero-order chi connectivity index (χ0) is 12.8. The fourth-order valence-corrected chi connectivity index (χ4v) is 1.70. The number of aliphatic hydroxyl groups is 1. The molecule has 3 N–H and O–H groups in total. The Morgan fingerprint density at radius 3 is 2.76 bits per heavy atom. The molecule has 0 spiro atoms. The standard InChI is InChI=1S/C12H19NO4/c1-3-9(4-5-14)13-7-10-6-8(2)11(17-10)12(15)16/h6,9,13-14H,3-5,7H2,1-2H3,(H,15,16). The normalized spacial score (nSPS) is 12.6. The number of carboxylic acids is 1. The van der Waals surface area contributed by atoms with Crippen LogP contribution in [0, 0.1) is 6.92 Å². The Balaban J connectivity index is 2.57. The summed E-state index contributed by atoms with van der Waals surface area (Å²) in [5.74, 6) is -0.440. The highest BCUT2D eigenvalue weighted by atomic mass is 16.4. The van der Waals surface area contributed by atoms with E-state index in [1.54, 1.807) is 13.0 Å². The van der Waals surface area contributed by atoms with E-state index in [0.717, 1.165) is 6.42 Å². The Labute approximate surface area is 100 Å². The monoisotopic (exact) mass is 241 g/mol. The largest absolute Gasteiger partial charge is 0.475 e. The number of carbonyl (C=O) groups is 1. The van der Waals surface area contributed by atoms with Gasteiger partial charge >= 0.3 is 5.97 Å². The molecule has 1 aromatic heterocycles. The van der Waals surface area contributed by atoms with Gasteiger partial charge in [0.25, 0.3) is 0 Å². The fourth-order valence-electron chi connectivity index (χ4n) is 1.70. The molecule has 1 aromatic rings. The van der Waals surface area contributed by atoms with Crippen molar-refractivity contribution in [3.63, 3.8) is 0 Å². The third-order valence-electron chi connectivity index (χ3n) is 2.70. The van der Waals surface area contributed by atoms with E-state index in [-0.39, 0.29) is 18.4 Å². The van der Waals surface area contributed by atoms with Crippen LogP contribution in [-0.2, 0) is 6.54 Å². The Morgan fingerprint density at radius 2 is 2.29 bits per heavy atom. The summed E-state index contributed by atoms with van der Waals surface area (Å²) in [6.45, 7) is 4.36. The molecule has 0 saturated heterocycles. The molecule has 0 aliphatic carbocycles. The minimum absolute atomic E-state index is 0.00277. The van der Waals surface area contributed by atoms with Crippen LogP contribution >= 0.6 is 0 Å². The lowest BCUT2D eigenvalue weighted by Gasteiger charge is -2.14. The van der Waals surface area contributed by atoms with Crippen LogP contribution in [0.5, 0.6) is 0 Å². The molecule has 0 aromatic carbocycles. The molecule has 17 heavy (non-hydrogen) atoms. The first-order valence-corrected chi connectivity index (χ1v) is 5.75. The summed E-state index contributed by atoms with van der Waals surface area (Å²) < 4.78 is 5.22. The van der Waals surface area contributed by atoms with E-state index < -0.39 is 5.97 Å². The maximum Gasteiger partial charge on any atom is 0.372 e. The molecule has 1 atom stereocenters. The molecule has 0 fully saturated rings. The van der Waals surface area contributed by atoms with Crippen LogP contribution < -0.4 is 5.32 Å². The molecule has 0 amide bonds. The molecule has 1 rings (SSSR count). The Bertz CT molecular complexity index is 373. The van der Waals surface area contributed by atoms with Crippen molar-refractivity contribution in [2.24, 2.45) is 0 Å². The molecule has 1 heterocycles. The van der Waals surface area contributed by atoms with Crippen molar-refractivity contribution in [1.29, 1.82) is 0 Å². The van der Waals surface area contributed by atoms with E-state index in [0.29, 0.717) is 24.3 Å². The highest BCUT2D eigenvalue weighted by molar-refractivity contribution is 5.86. The summed E-state index contributed by atoms with van der Waals surface area (Å²) in [6.07, 6.45) is 1.59. The zero-order valence-electron chi connectivity index (χ0n) is 10.2. The van der Waals surface area contributed by atoms with E-state index in [9.17, 15) is 4.79 Å². The fraction of sp³-hybridized carbons (Fsp3) is 0.583. The summed E-state index contributed by atoms with van der Waals surface area (Å²) in [4.78, 5) is 10.8. The van der Waals surface area contributed by atoms with Crippen molar-refractivity contribution in [2.75, 3.05) is 6.61 Å². The van der Waals surface area contributed by atoms with Gasteiger partial charge in [-0.3, -0.25) is 0 Å². The van der Waals surface area contributed by atoms with Gasteiger partial charge in [0.05, 0.1) is 6.54 Å². The molecular weight excluding hydrogens is 222 g/mol. The second-order valence-electron chi connectivity index (χ2n) is 4.03. The van der Waals surface area contributed by atoms with Crippen LogP contribution in [0.3, 0.4) is 0 Å². The summed E-state index contributed by atoms with van der Waals surface area (Å²) in [5, 5.41) is 20.9. The SMILES string of the molecule is CCC(CCO)NCc1cc(C)c(C(=O)O)o1. The highest BCUT2D eigenvalue weighted by Gasteiger charge is 2.14. The van der Waals surface area contributed by atoms with Crippen molar-refractivity contribution < 1.29 is 19.4 Å². The van der Waals surface area contributed by atoms with Crippen LogP contribution in [0.4, 0.5) is 0 Å². The van der Waals surface area contributed by atoms with E-state index in [1.807, 2.05) is 6.92 Å². The summed E-state index contributed by atoms with van der Waals surface area (Å²) >= 11 is 0. The van der Waals surface area contributed by atoms with Gasteiger partial charge in [-0.15, -0.1) is 0 Å². The molecule has 5 heteroatoms. The number of carboxylic acid groups (broad SMARTS) is 1. The van der Waals surface area contributed by atoms with Gasteiger partial charge in [-0.25, -0.2) is 4.79 Å². The molecule has 1 unspecified atom stereocenters. The summed E-state index contributed by atoms with van der Waals surface area (Å²) in [7, 11) is 0. The smallest absolute Gasteiger partial charge is 0.372 e. The second-order valence-corrected chi connectivity index (χ2v) is 4.03. The lowest BCUT2D eigenvalue weighted by Crippen LogP contribution is -2.28. The van der Waals surface area contributed by atoms with Gasteiger partial charge in [0.1, 0.15) is 5.76 Å². The molecule has 0 bridgehead atoms. The highest BCUT2D eigenvalue weighted by Crippen LogP contribution is 2.14. The molecule has 0 radical (unpaired) electrons. The molecule has 0 saturated carbocycles. The van der Waals surface area contributed by atoms with Gasteiger partial charge in [-0.05, 0) is 25.8 Å². The second kappa shape index (κ2) is 6.42. The third kappa shape index (κ3) is 3.87. The van der Waals surface area contributed by atoms with Crippen molar-refractivity contribution in [3.8, 4) is 0 Å². The number of rotatable bonds is 7. The quantitative estimate of drug-likeness (QED) is 0.674. The number of hydrogen-bond donors (Lipinski definition) is 3. The third-order valence-corrected chi connectivity index (χ3v) is 2.70. The van der Waals surface area contributed by atoms with Crippen LogP contribution in [-0.4, -0.2) is 28.8 Å². The van der Waals surface area contributed by atoms with Gasteiger partial charge in [0.15, 0.2) is 0 Å². The van der Waals surface area contributed by atoms with Gasteiger partial charge < -0.3 is 19.9 Å². The van der Waals surface area contributed by atoms with Crippen molar-refractivity contribution in [1.82, 2.24) is 5.32 Å². The summed E-state index contributed by atoms with van der Waals surface area (Å²) in [5.41, 5.74) is 0.629. The van der Waals surface area contributed by atoms with Gasteiger partial charge in [-0.1, -0.05) is 6.92 Å². The Morgan fingerprint density at radius 1 is 1.59 bits per heavy atom. The van der Waals surface area contributed by atoms with Crippen LogP contribution in [0.15, 0.2) is 10.5 Å². The number of nitrogens with one attached hydrogen (secondary N) is 1. The lowest BCUT2D eigenvalue weighted by atomic mass is 10.1. The van der Waals surface area contributed by atoms with E-state index in [2.05, 4.69) is 5.32 Å². The number of aromatic carboxylic acids is 1.